The van der Waals surface area contributed by atoms with Crippen LogP contribution in [0.4, 0.5) is 5.69 Å². The topological polar surface area (TPSA) is 90.4 Å². The molecule has 0 radical (unpaired) electrons. The van der Waals surface area contributed by atoms with Gasteiger partial charge in [0.1, 0.15) is 5.01 Å². The molecule has 7 nitrogen and oxygen atoms in total. The number of anilines is 1. The zero-order chi connectivity index (χ0) is 23.9. The standard InChI is InChI=1S/C26H21N3O4S/c1-17(30)33-23-8-6-18(14-24(23)32-2)7-9-25(31)28-21-5-3-4-20(15-21)22-16-34-26(29-22)19-10-12-27-13-11-19/h3-16H,1-2H3,(H,28,31)/b9-7+. The Bertz CT molecular complexity index is 1350. The molecule has 4 rings (SSSR count). The number of ether oxygens (including phenoxy) is 2. The lowest BCUT2D eigenvalue weighted by Gasteiger charge is -2.08. The van der Waals surface area contributed by atoms with Crippen molar-refractivity contribution in [3.63, 3.8) is 0 Å². The molecule has 0 bridgehead atoms. The van der Waals surface area contributed by atoms with Gasteiger partial charge in [0, 0.05) is 47.6 Å². The van der Waals surface area contributed by atoms with Crippen molar-refractivity contribution < 1.29 is 19.1 Å². The number of esters is 1. The van der Waals surface area contributed by atoms with E-state index in [1.807, 2.05) is 41.8 Å². The van der Waals surface area contributed by atoms with E-state index in [2.05, 4.69) is 10.3 Å². The number of methoxy groups -OCH3 is 1. The van der Waals surface area contributed by atoms with Crippen LogP contribution in [0.5, 0.6) is 11.5 Å². The number of amides is 1. The van der Waals surface area contributed by atoms with E-state index < -0.39 is 5.97 Å². The normalized spacial score (nSPS) is 10.8. The number of carbonyl (C=O) groups is 2. The monoisotopic (exact) mass is 471 g/mol. The zero-order valence-corrected chi connectivity index (χ0v) is 19.3. The molecule has 0 aliphatic rings. The molecule has 2 heterocycles. The Kier molecular flexibility index (Phi) is 7.10. The minimum Gasteiger partial charge on any atom is -0.493 e. The number of benzene rings is 2. The highest BCUT2D eigenvalue weighted by Gasteiger charge is 2.09. The van der Waals surface area contributed by atoms with Crippen molar-refractivity contribution in [3.8, 4) is 33.3 Å². The molecule has 170 valence electrons. The second-order valence-electron chi connectivity index (χ2n) is 7.18. The van der Waals surface area contributed by atoms with E-state index in [9.17, 15) is 9.59 Å². The van der Waals surface area contributed by atoms with E-state index in [-0.39, 0.29) is 5.91 Å². The van der Waals surface area contributed by atoms with Gasteiger partial charge in [-0.1, -0.05) is 18.2 Å². The summed E-state index contributed by atoms with van der Waals surface area (Å²) in [5, 5.41) is 5.76. The van der Waals surface area contributed by atoms with Crippen molar-refractivity contribution in [1.29, 1.82) is 0 Å². The third kappa shape index (κ3) is 5.73. The molecule has 0 aliphatic heterocycles. The Hall–Kier alpha value is -4.30. The van der Waals surface area contributed by atoms with Gasteiger partial charge in [-0.2, -0.15) is 0 Å². The summed E-state index contributed by atoms with van der Waals surface area (Å²) in [5.74, 6) is 0.00720. The Morgan fingerprint density at radius 3 is 2.59 bits per heavy atom. The molecule has 8 heteroatoms. The van der Waals surface area contributed by atoms with E-state index >= 15 is 0 Å². The summed E-state index contributed by atoms with van der Waals surface area (Å²) in [6, 6.07) is 16.4. The molecule has 0 fully saturated rings. The van der Waals surface area contributed by atoms with Gasteiger partial charge in [0.25, 0.3) is 0 Å². The largest absolute Gasteiger partial charge is 0.493 e. The van der Waals surface area contributed by atoms with Crippen molar-refractivity contribution >= 4 is 35.0 Å². The second kappa shape index (κ2) is 10.5. The Morgan fingerprint density at radius 1 is 1.00 bits per heavy atom. The first kappa shape index (κ1) is 22.9. The maximum atomic E-state index is 12.5. The highest BCUT2D eigenvalue weighted by Crippen LogP contribution is 2.30. The fourth-order valence-electron chi connectivity index (χ4n) is 3.17. The Balaban J connectivity index is 1.44. The van der Waals surface area contributed by atoms with Crippen LogP contribution in [0, 0.1) is 0 Å². The number of hydrogen-bond acceptors (Lipinski definition) is 7. The summed E-state index contributed by atoms with van der Waals surface area (Å²) in [4.78, 5) is 32.4. The maximum Gasteiger partial charge on any atom is 0.308 e. The fraction of sp³-hybridized carbons (Fsp3) is 0.0769. The second-order valence-corrected chi connectivity index (χ2v) is 8.04. The average Bonchev–Trinajstić information content (AvgIpc) is 3.34. The van der Waals surface area contributed by atoms with E-state index in [1.54, 1.807) is 48.0 Å². The van der Waals surface area contributed by atoms with Crippen molar-refractivity contribution in [3.05, 3.63) is 84.0 Å². The number of carbonyl (C=O) groups excluding carboxylic acids is 2. The summed E-state index contributed by atoms with van der Waals surface area (Å²) in [6.07, 6.45) is 6.56. The first-order valence-corrected chi connectivity index (χ1v) is 11.2. The quantitative estimate of drug-likeness (QED) is 0.219. The molecule has 34 heavy (non-hydrogen) atoms. The summed E-state index contributed by atoms with van der Waals surface area (Å²) < 4.78 is 10.4. The highest BCUT2D eigenvalue weighted by atomic mass is 32.1. The summed E-state index contributed by atoms with van der Waals surface area (Å²) in [6.45, 7) is 1.32. The molecule has 0 atom stereocenters. The predicted octanol–water partition coefficient (Wildman–Crippen LogP) is 5.46. The molecule has 0 aliphatic carbocycles. The number of thiazole rings is 1. The number of rotatable bonds is 7. The van der Waals surface area contributed by atoms with Crippen LogP contribution in [0.1, 0.15) is 12.5 Å². The first-order chi connectivity index (χ1) is 16.5. The first-order valence-electron chi connectivity index (χ1n) is 10.3. The lowest BCUT2D eigenvalue weighted by Crippen LogP contribution is -2.07. The molecule has 1 N–H and O–H groups in total. The lowest BCUT2D eigenvalue weighted by atomic mass is 10.1. The molecular formula is C26H21N3O4S. The summed E-state index contributed by atoms with van der Waals surface area (Å²) in [5.41, 5.74) is 4.14. The third-order valence-electron chi connectivity index (χ3n) is 4.73. The lowest BCUT2D eigenvalue weighted by molar-refractivity contribution is -0.132. The van der Waals surface area contributed by atoms with Gasteiger partial charge in [-0.25, -0.2) is 4.98 Å². The number of pyridine rings is 1. The molecule has 1 amide bonds. The molecule has 0 unspecified atom stereocenters. The van der Waals surface area contributed by atoms with Gasteiger partial charge in [-0.3, -0.25) is 14.6 Å². The van der Waals surface area contributed by atoms with Crippen LogP contribution in [-0.2, 0) is 9.59 Å². The zero-order valence-electron chi connectivity index (χ0n) is 18.5. The van der Waals surface area contributed by atoms with Gasteiger partial charge in [-0.15, -0.1) is 11.3 Å². The fourth-order valence-corrected chi connectivity index (χ4v) is 4.01. The summed E-state index contributed by atoms with van der Waals surface area (Å²) in [7, 11) is 1.48. The minimum absolute atomic E-state index is 0.282. The van der Waals surface area contributed by atoms with E-state index in [1.165, 1.54) is 20.1 Å². The van der Waals surface area contributed by atoms with Gasteiger partial charge < -0.3 is 14.8 Å². The van der Waals surface area contributed by atoms with Gasteiger partial charge in [0.2, 0.25) is 5.91 Å². The van der Waals surface area contributed by atoms with Gasteiger partial charge >= 0.3 is 5.97 Å². The molecule has 2 aromatic heterocycles. The Morgan fingerprint density at radius 2 is 1.82 bits per heavy atom. The van der Waals surface area contributed by atoms with Crippen LogP contribution < -0.4 is 14.8 Å². The van der Waals surface area contributed by atoms with Gasteiger partial charge in [-0.05, 0) is 48.0 Å². The highest BCUT2D eigenvalue weighted by molar-refractivity contribution is 7.13. The van der Waals surface area contributed by atoms with E-state index in [4.69, 9.17) is 14.5 Å². The molecule has 4 aromatic rings. The molecule has 0 saturated heterocycles. The van der Waals surface area contributed by atoms with Crippen molar-refractivity contribution in [2.75, 3.05) is 12.4 Å². The number of hydrogen-bond donors (Lipinski definition) is 1. The van der Waals surface area contributed by atoms with Gasteiger partial charge in [0.15, 0.2) is 11.5 Å². The van der Waals surface area contributed by atoms with Crippen LogP contribution in [-0.4, -0.2) is 29.0 Å². The molecule has 0 spiro atoms. The maximum absolute atomic E-state index is 12.5. The van der Waals surface area contributed by atoms with Gasteiger partial charge in [0.05, 0.1) is 12.8 Å². The van der Waals surface area contributed by atoms with E-state index in [0.29, 0.717) is 17.2 Å². The van der Waals surface area contributed by atoms with Crippen molar-refractivity contribution in [2.45, 2.75) is 6.92 Å². The van der Waals surface area contributed by atoms with Crippen molar-refractivity contribution in [2.24, 2.45) is 0 Å². The number of nitrogens with one attached hydrogen (secondary N) is 1. The van der Waals surface area contributed by atoms with Crippen LogP contribution in [0.25, 0.3) is 27.9 Å². The van der Waals surface area contributed by atoms with Crippen LogP contribution in [0.3, 0.4) is 0 Å². The molecular weight excluding hydrogens is 450 g/mol. The third-order valence-corrected chi connectivity index (χ3v) is 5.62. The Labute approximate surface area is 200 Å². The smallest absolute Gasteiger partial charge is 0.308 e. The number of aromatic nitrogens is 2. The van der Waals surface area contributed by atoms with Crippen LogP contribution in [0.2, 0.25) is 0 Å². The summed E-state index contributed by atoms with van der Waals surface area (Å²) >= 11 is 1.55. The van der Waals surface area contributed by atoms with Crippen LogP contribution >= 0.6 is 11.3 Å². The molecule has 2 aromatic carbocycles. The van der Waals surface area contributed by atoms with Crippen molar-refractivity contribution in [1.82, 2.24) is 9.97 Å². The van der Waals surface area contributed by atoms with E-state index in [0.717, 1.165) is 27.4 Å². The predicted molar refractivity (Wildman–Crippen MR) is 133 cm³/mol. The van der Waals surface area contributed by atoms with Crippen LogP contribution in [0.15, 0.2) is 78.4 Å². The molecule has 0 saturated carbocycles. The SMILES string of the molecule is COc1cc(/C=C/C(=O)Nc2cccc(-c3csc(-c4ccncc4)n3)c2)ccc1OC(C)=O. The number of nitrogens with zero attached hydrogens (tertiary/aromatic N) is 2. The average molecular weight is 472 g/mol. The minimum atomic E-state index is -0.436.